The molecule has 0 spiro atoms. The van der Waals surface area contributed by atoms with Crippen LogP contribution in [-0.2, 0) is 9.53 Å². The Balaban J connectivity index is 1.95. The molecule has 1 atom stereocenters. The summed E-state index contributed by atoms with van der Waals surface area (Å²) in [6, 6.07) is 0.478. The highest BCUT2D eigenvalue weighted by atomic mass is 16.5. The van der Waals surface area contributed by atoms with Gasteiger partial charge in [0.15, 0.2) is 0 Å². The summed E-state index contributed by atoms with van der Waals surface area (Å²) >= 11 is 0. The van der Waals surface area contributed by atoms with Crippen LogP contribution in [0, 0.1) is 11.8 Å². The molecule has 3 N–H and O–H groups in total. The lowest BCUT2D eigenvalue weighted by molar-refractivity contribution is -0.128. The van der Waals surface area contributed by atoms with Crippen molar-refractivity contribution in [2.24, 2.45) is 17.6 Å². The molecule has 17 heavy (non-hydrogen) atoms. The Morgan fingerprint density at radius 1 is 1.41 bits per heavy atom. The summed E-state index contributed by atoms with van der Waals surface area (Å²) in [6.45, 7) is 5.34. The minimum atomic E-state index is -0.601. The fraction of sp³-hybridized carbons (Fsp3) is 0.923. The Bertz CT molecular complexity index is 285. The van der Waals surface area contributed by atoms with Crippen molar-refractivity contribution in [1.29, 1.82) is 0 Å². The predicted octanol–water partition coefficient (Wildman–Crippen LogP) is 1.05. The lowest BCUT2D eigenvalue weighted by atomic mass is 9.93. The molecule has 4 heteroatoms. The first-order valence-corrected chi connectivity index (χ1v) is 6.70. The van der Waals surface area contributed by atoms with Crippen molar-refractivity contribution in [3.8, 4) is 0 Å². The molecule has 4 nitrogen and oxygen atoms in total. The summed E-state index contributed by atoms with van der Waals surface area (Å²) in [7, 11) is 0. The second kappa shape index (κ2) is 4.94. The van der Waals surface area contributed by atoms with Crippen molar-refractivity contribution in [3.63, 3.8) is 0 Å². The number of primary amides is 1. The fourth-order valence-electron chi connectivity index (χ4n) is 2.24. The SMILES string of the molecule is CC(C)COCC(NC1CC1)(C(N)=O)C1CC1. The van der Waals surface area contributed by atoms with Crippen LogP contribution in [0.2, 0.25) is 0 Å². The van der Waals surface area contributed by atoms with Crippen LogP contribution in [0.1, 0.15) is 39.5 Å². The van der Waals surface area contributed by atoms with Crippen molar-refractivity contribution in [2.45, 2.75) is 51.1 Å². The zero-order valence-corrected chi connectivity index (χ0v) is 10.9. The van der Waals surface area contributed by atoms with E-state index in [2.05, 4.69) is 19.2 Å². The molecule has 0 aliphatic heterocycles. The fourth-order valence-corrected chi connectivity index (χ4v) is 2.24. The van der Waals surface area contributed by atoms with E-state index in [1.165, 1.54) is 0 Å². The van der Waals surface area contributed by atoms with Gasteiger partial charge in [0, 0.05) is 12.6 Å². The van der Waals surface area contributed by atoms with Crippen LogP contribution in [0.25, 0.3) is 0 Å². The first kappa shape index (κ1) is 12.8. The average Bonchev–Trinajstić information content (AvgIpc) is 3.10. The largest absolute Gasteiger partial charge is 0.379 e. The highest BCUT2D eigenvalue weighted by Gasteiger charge is 2.52. The maximum absolute atomic E-state index is 11.8. The van der Waals surface area contributed by atoms with E-state index >= 15 is 0 Å². The van der Waals surface area contributed by atoms with Crippen LogP contribution >= 0.6 is 0 Å². The van der Waals surface area contributed by atoms with Crippen molar-refractivity contribution < 1.29 is 9.53 Å². The van der Waals surface area contributed by atoms with Gasteiger partial charge in [-0.25, -0.2) is 0 Å². The molecule has 2 fully saturated rings. The smallest absolute Gasteiger partial charge is 0.240 e. The zero-order valence-electron chi connectivity index (χ0n) is 10.9. The van der Waals surface area contributed by atoms with E-state index in [1.54, 1.807) is 0 Å². The van der Waals surface area contributed by atoms with E-state index in [1.807, 2.05) is 0 Å². The van der Waals surface area contributed by atoms with Gasteiger partial charge in [0.25, 0.3) is 0 Å². The van der Waals surface area contributed by atoms with E-state index in [0.717, 1.165) is 25.7 Å². The number of hydrogen-bond donors (Lipinski definition) is 2. The number of rotatable bonds is 8. The zero-order chi connectivity index (χ0) is 12.5. The maximum Gasteiger partial charge on any atom is 0.240 e. The van der Waals surface area contributed by atoms with E-state index in [9.17, 15) is 4.79 Å². The summed E-state index contributed by atoms with van der Waals surface area (Å²) in [6.07, 6.45) is 4.50. The molecule has 0 heterocycles. The van der Waals surface area contributed by atoms with E-state index < -0.39 is 5.54 Å². The molecule has 0 aromatic carbocycles. The normalized spacial score (nSPS) is 23.7. The van der Waals surface area contributed by atoms with Crippen molar-refractivity contribution in [2.75, 3.05) is 13.2 Å². The van der Waals surface area contributed by atoms with Crippen molar-refractivity contribution in [3.05, 3.63) is 0 Å². The van der Waals surface area contributed by atoms with Gasteiger partial charge < -0.3 is 10.5 Å². The van der Waals surface area contributed by atoms with Crippen LogP contribution in [0.5, 0.6) is 0 Å². The van der Waals surface area contributed by atoms with Crippen LogP contribution in [0.4, 0.5) is 0 Å². The molecule has 0 aromatic heterocycles. The van der Waals surface area contributed by atoms with Gasteiger partial charge in [-0.15, -0.1) is 0 Å². The number of amides is 1. The Kier molecular flexibility index (Phi) is 3.73. The minimum absolute atomic E-state index is 0.240. The van der Waals surface area contributed by atoms with Crippen LogP contribution in [0.15, 0.2) is 0 Å². The molecule has 2 rings (SSSR count). The number of ether oxygens (including phenoxy) is 1. The van der Waals surface area contributed by atoms with Crippen molar-refractivity contribution in [1.82, 2.24) is 5.32 Å². The molecular weight excluding hydrogens is 216 g/mol. The first-order valence-electron chi connectivity index (χ1n) is 6.70. The second-order valence-electron chi connectivity index (χ2n) is 5.94. The average molecular weight is 240 g/mol. The Morgan fingerprint density at radius 2 is 2.06 bits per heavy atom. The standard InChI is InChI=1S/C13H24N2O2/c1-9(2)7-17-8-13(12(14)16,10-3-4-10)15-11-5-6-11/h9-11,15H,3-8H2,1-2H3,(H2,14,16). The molecule has 2 saturated carbocycles. The summed E-state index contributed by atoms with van der Waals surface area (Å²) in [5, 5.41) is 3.44. The molecule has 0 aromatic rings. The van der Waals surface area contributed by atoms with E-state index in [0.29, 0.717) is 31.1 Å². The summed E-state index contributed by atoms with van der Waals surface area (Å²) < 4.78 is 5.69. The lowest BCUT2D eigenvalue weighted by Gasteiger charge is -2.32. The summed E-state index contributed by atoms with van der Waals surface area (Å²) in [5.41, 5.74) is 5.02. The molecule has 98 valence electrons. The summed E-state index contributed by atoms with van der Waals surface area (Å²) in [5.74, 6) is 0.629. The molecule has 2 aliphatic carbocycles. The minimum Gasteiger partial charge on any atom is -0.379 e. The molecule has 2 aliphatic rings. The maximum atomic E-state index is 11.8. The van der Waals surface area contributed by atoms with E-state index in [-0.39, 0.29) is 5.91 Å². The molecule has 0 saturated heterocycles. The van der Waals surface area contributed by atoms with Crippen molar-refractivity contribution >= 4 is 5.91 Å². The number of nitrogens with two attached hydrogens (primary N) is 1. The third-order valence-corrected chi connectivity index (χ3v) is 3.53. The van der Waals surface area contributed by atoms with Gasteiger partial charge in [-0.1, -0.05) is 13.8 Å². The number of nitrogens with one attached hydrogen (secondary N) is 1. The van der Waals surface area contributed by atoms with Gasteiger partial charge in [0.1, 0.15) is 5.54 Å². The first-order chi connectivity index (χ1) is 8.04. The molecule has 0 radical (unpaired) electrons. The Labute approximate surface area is 103 Å². The van der Waals surface area contributed by atoms with Gasteiger partial charge in [-0.2, -0.15) is 0 Å². The Morgan fingerprint density at radius 3 is 2.47 bits per heavy atom. The molecule has 1 unspecified atom stereocenters. The number of carbonyl (C=O) groups excluding carboxylic acids is 1. The highest BCUT2D eigenvalue weighted by Crippen LogP contribution is 2.41. The highest BCUT2D eigenvalue weighted by molar-refractivity contribution is 5.86. The lowest BCUT2D eigenvalue weighted by Crippen LogP contribution is -2.61. The Hall–Kier alpha value is -0.610. The van der Waals surface area contributed by atoms with Gasteiger partial charge in [-0.3, -0.25) is 10.1 Å². The quantitative estimate of drug-likeness (QED) is 0.666. The second-order valence-corrected chi connectivity index (χ2v) is 5.94. The molecule has 1 amide bonds. The van der Waals surface area contributed by atoms with Gasteiger partial charge in [-0.05, 0) is 37.5 Å². The third kappa shape index (κ3) is 3.19. The van der Waals surface area contributed by atoms with E-state index in [4.69, 9.17) is 10.5 Å². The number of carbonyl (C=O) groups is 1. The summed E-state index contributed by atoms with van der Waals surface area (Å²) in [4.78, 5) is 11.8. The van der Waals surface area contributed by atoms with Gasteiger partial charge in [0.2, 0.25) is 5.91 Å². The van der Waals surface area contributed by atoms with Gasteiger partial charge in [0.05, 0.1) is 6.61 Å². The molecule has 0 bridgehead atoms. The van der Waals surface area contributed by atoms with Crippen LogP contribution in [0.3, 0.4) is 0 Å². The van der Waals surface area contributed by atoms with Crippen LogP contribution in [-0.4, -0.2) is 30.7 Å². The monoisotopic (exact) mass is 240 g/mol. The van der Waals surface area contributed by atoms with Crippen LogP contribution < -0.4 is 11.1 Å². The third-order valence-electron chi connectivity index (χ3n) is 3.53. The predicted molar refractivity (Wildman–Crippen MR) is 66.5 cm³/mol. The van der Waals surface area contributed by atoms with Gasteiger partial charge >= 0.3 is 0 Å². The molecular formula is C13H24N2O2. The number of hydrogen-bond acceptors (Lipinski definition) is 3. The topological polar surface area (TPSA) is 64.3 Å².